The summed E-state index contributed by atoms with van der Waals surface area (Å²) in [5.41, 5.74) is 6.66. The SMILES string of the molecule is COc1cc(C2=Cc3ccccc3CC2)ccc1C. The van der Waals surface area contributed by atoms with Crippen LogP contribution in [0.2, 0.25) is 0 Å². The lowest BCUT2D eigenvalue weighted by Gasteiger charge is -2.17. The molecule has 1 aliphatic carbocycles. The molecule has 0 aliphatic heterocycles. The van der Waals surface area contributed by atoms with E-state index >= 15 is 0 Å². The van der Waals surface area contributed by atoms with Gasteiger partial charge in [-0.15, -0.1) is 0 Å². The third-order valence-electron chi connectivity index (χ3n) is 3.83. The zero-order valence-corrected chi connectivity index (χ0v) is 11.4. The largest absolute Gasteiger partial charge is 0.496 e. The van der Waals surface area contributed by atoms with Gasteiger partial charge in [0.2, 0.25) is 0 Å². The van der Waals surface area contributed by atoms with E-state index in [0.717, 1.165) is 18.6 Å². The molecule has 0 N–H and O–H groups in total. The first-order chi connectivity index (χ1) is 9.28. The monoisotopic (exact) mass is 250 g/mol. The molecular weight excluding hydrogens is 232 g/mol. The Balaban J connectivity index is 2.02. The lowest BCUT2D eigenvalue weighted by Crippen LogP contribution is -1.99. The second kappa shape index (κ2) is 4.93. The number of ether oxygens (including phenoxy) is 1. The molecule has 2 aromatic rings. The first-order valence-electron chi connectivity index (χ1n) is 6.71. The van der Waals surface area contributed by atoms with E-state index in [1.165, 1.54) is 27.8 Å². The normalized spacial score (nSPS) is 13.7. The van der Waals surface area contributed by atoms with Crippen LogP contribution in [-0.2, 0) is 6.42 Å². The Hall–Kier alpha value is -2.02. The van der Waals surface area contributed by atoms with Crippen LogP contribution in [0.4, 0.5) is 0 Å². The number of fused-ring (bicyclic) bond motifs is 1. The molecule has 0 aromatic heterocycles. The van der Waals surface area contributed by atoms with Gasteiger partial charge in [0.25, 0.3) is 0 Å². The van der Waals surface area contributed by atoms with Crippen molar-refractivity contribution in [1.29, 1.82) is 0 Å². The van der Waals surface area contributed by atoms with Crippen molar-refractivity contribution in [1.82, 2.24) is 0 Å². The molecule has 1 aliphatic rings. The number of benzene rings is 2. The summed E-state index contributed by atoms with van der Waals surface area (Å²) >= 11 is 0. The zero-order valence-electron chi connectivity index (χ0n) is 11.4. The van der Waals surface area contributed by atoms with Gasteiger partial charge in [-0.1, -0.05) is 42.5 Å². The van der Waals surface area contributed by atoms with Crippen LogP contribution in [0, 0.1) is 6.92 Å². The topological polar surface area (TPSA) is 9.23 Å². The molecule has 0 atom stereocenters. The second-order valence-corrected chi connectivity index (χ2v) is 5.05. The molecule has 0 unspecified atom stereocenters. The fourth-order valence-corrected chi connectivity index (χ4v) is 2.68. The number of allylic oxidation sites excluding steroid dienone is 1. The molecule has 2 aromatic carbocycles. The van der Waals surface area contributed by atoms with Gasteiger partial charge in [0.15, 0.2) is 0 Å². The molecule has 1 heteroatoms. The highest BCUT2D eigenvalue weighted by Gasteiger charge is 2.12. The van der Waals surface area contributed by atoms with Gasteiger partial charge in [-0.2, -0.15) is 0 Å². The predicted molar refractivity (Wildman–Crippen MR) is 80.4 cm³/mol. The van der Waals surface area contributed by atoms with Crippen LogP contribution in [0.5, 0.6) is 5.75 Å². The van der Waals surface area contributed by atoms with Crippen LogP contribution in [0.15, 0.2) is 42.5 Å². The second-order valence-electron chi connectivity index (χ2n) is 5.05. The molecular formula is C18H18O. The zero-order chi connectivity index (χ0) is 13.2. The predicted octanol–water partition coefficient (Wildman–Crippen LogP) is 4.49. The first kappa shape index (κ1) is 12.0. The number of aryl methyl sites for hydroxylation is 2. The minimum absolute atomic E-state index is 0.970. The fourth-order valence-electron chi connectivity index (χ4n) is 2.68. The van der Waals surface area contributed by atoms with Crippen LogP contribution in [-0.4, -0.2) is 7.11 Å². The number of methoxy groups -OCH3 is 1. The average Bonchev–Trinajstić information content (AvgIpc) is 2.47. The Labute approximate surface area is 114 Å². The molecule has 19 heavy (non-hydrogen) atoms. The van der Waals surface area contributed by atoms with Crippen molar-refractivity contribution in [2.24, 2.45) is 0 Å². The summed E-state index contributed by atoms with van der Waals surface area (Å²) < 4.78 is 5.42. The highest BCUT2D eigenvalue weighted by atomic mass is 16.5. The summed E-state index contributed by atoms with van der Waals surface area (Å²) in [4.78, 5) is 0. The summed E-state index contributed by atoms with van der Waals surface area (Å²) in [7, 11) is 1.73. The Kier molecular flexibility index (Phi) is 3.12. The van der Waals surface area contributed by atoms with Crippen molar-refractivity contribution < 1.29 is 4.74 Å². The molecule has 0 spiro atoms. The van der Waals surface area contributed by atoms with Crippen LogP contribution >= 0.6 is 0 Å². The maximum Gasteiger partial charge on any atom is 0.122 e. The molecule has 3 rings (SSSR count). The van der Waals surface area contributed by atoms with Crippen LogP contribution in [0.3, 0.4) is 0 Å². The lowest BCUT2D eigenvalue weighted by molar-refractivity contribution is 0.411. The van der Waals surface area contributed by atoms with Crippen LogP contribution in [0.1, 0.15) is 28.7 Å². The van der Waals surface area contributed by atoms with Crippen LogP contribution < -0.4 is 4.74 Å². The Morgan fingerprint density at radius 3 is 2.68 bits per heavy atom. The quantitative estimate of drug-likeness (QED) is 0.763. The average molecular weight is 250 g/mol. The summed E-state index contributed by atoms with van der Waals surface area (Å²) in [5, 5.41) is 0. The molecule has 0 saturated heterocycles. The third kappa shape index (κ3) is 2.28. The first-order valence-corrected chi connectivity index (χ1v) is 6.71. The van der Waals surface area contributed by atoms with Crippen molar-refractivity contribution in [2.75, 3.05) is 7.11 Å². The maximum absolute atomic E-state index is 5.42. The van der Waals surface area contributed by atoms with Gasteiger partial charge in [-0.3, -0.25) is 0 Å². The van der Waals surface area contributed by atoms with E-state index in [1.807, 2.05) is 0 Å². The lowest BCUT2D eigenvalue weighted by atomic mass is 9.88. The van der Waals surface area contributed by atoms with E-state index in [1.54, 1.807) is 7.11 Å². The van der Waals surface area contributed by atoms with Gasteiger partial charge in [-0.25, -0.2) is 0 Å². The van der Waals surface area contributed by atoms with Gasteiger partial charge in [0.05, 0.1) is 7.11 Å². The molecule has 0 fully saturated rings. The smallest absolute Gasteiger partial charge is 0.122 e. The third-order valence-corrected chi connectivity index (χ3v) is 3.83. The van der Waals surface area contributed by atoms with Gasteiger partial charge in [0, 0.05) is 0 Å². The molecule has 0 heterocycles. The van der Waals surface area contributed by atoms with Crippen LogP contribution in [0.25, 0.3) is 11.6 Å². The summed E-state index contributed by atoms with van der Waals surface area (Å²) in [6, 6.07) is 15.1. The number of hydrogen-bond donors (Lipinski definition) is 0. The van der Waals surface area contributed by atoms with E-state index in [2.05, 4.69) is 55.5 Å². The standard InChI is InChI=1S/C18H18O/c1-13-7-8-17(12-18(13)19-2)16-10-9-14-5-3-4-6-15(14)11-16/h3-8,11-12H,9-10H2,1-2H3. The minimum atomic E-state index is 0.970. The molecule has 0 radical (unpaired) electrons. The minimum Gasteiger partial charge on any atom is -0.496 e. The van der Waals surface area contributed by atoms with Gasteiger partial charge >= 0.3 is 0 Å². The number of hydrogen-bond acceptors (Lipinski definition) is 1. The van der Waals surface area contributed by atoms with E-state index < -0.39 is 0 Å². The molecule has 0 saturated carbocycles. The maximum atomic E-state index is 5.42. The Bertz CT molecular complexity index is 638. The van der Waals surface area contributed by atoms with E-state index in [4.69, 9.17) is 4.74 Å². The van der Waals surface area contributed by atoms with Crippen molar-refractivity contribution in [3.05, 3.63) is 64.7 Å². The summed E-state index contributed by atoms with van der Waals surface area (Å²) in [5.74, 6) is 0.970. The Morgan fingerprint density at radius 1 is 1.00 bits per heavy atom. The summed E-state index contributed by atoms with van der Waals surface area (Å²) in [6.45, 7) is 2.08. The summed E-state index contributed by atoms with van der Waals surface area (Å²) in [6.07, 6.45) is 4.53. The van der Waals surface area contributed by atoms with Gasteiger partial charge in [-0.05, 0) is 53.7 Å². The van der Waals surface area contributed by atoms with E-state index in [9.17, 15) is 0 Å². The van der Waals surface area contributed by atoms with E-state index in [0.29, 0.717) is 0 Å². The van der Waals surface area contributed by atoms with Crippen molar-refractivity contribution >= 4 is 11.6 Å². The van der Waals surface area contributed by atoms with Gasteiger partial charge in [0.1, 0.15) is 5.75 Å². The fraction of sp³-hybridized carbons (Fsp3) is 0.222. The van der Waals surface area contributed by atoms with E-state index in [-0.39, 0.29) is 0 Å². The van der Waals surface area contributed by atoms with Gasteiger partial charge < -0.3 is 4.74 Å². The molecule has 0 bridgehead atoms. The van der Waals surface area contributed by atoms with Crippen molar-refractivity contribution in [2.45, 2.75) is 19.8 Å². The Morgan fingerprint density at radius 2 is 1.84 bits per heavy atom. The number of rotatable bonds is 2. The highest BCUT2D eigenvalue weighted by molar-refractivity contribution is 5.84. The van der Waals surface area contributed by atoms with Crippen molar-refractivity contribution in [3.8, 4) is 5.75 Å². The highest BCUT2D eigenvalue weighted by Crippen LogP contribution is 2.32. The molecule has 0 amide bonds. The molecule has 96 valence electrons. The molecule has 1 nitrogen and oxygen atoms in total. The van der Waals surface area contributed by atoms with Crippen molar-refractivity contribution in [3.63, 3.8) is 0 Å².